The SMILES string of the molecule is CC(C)(C)NC(=O)C1CC1C(=O)NCc1ccco1. The van der Waals surface area contributed by atoms with Gasteiger partial charge in [0.2, 0.25) is 11.8 Å². The van der Waals surface area contributed by atoms with Crippen LogP contribution in [0.4, 0.5) is 0 Å². The Hall–Kier alpha value is -1.78. The van der Waals surface area contributed by atoms with E-state index in [9.17, 15) is 9.59 Å². The molecule has 0 radical (unpaired) electrons. The summed E-state index contributed by atoms with van der Waals surface area (Å²) in [7, 11) is 0. The Bertz CT molecular complexity index is 460. The van der Waals surface area contributed by atoms with Crippen molar-refractivity contribution < 1.29 is 14.0 Å². The number of furan rings is 1. The number of hydrogen-bond donors (Lipinski definition) is 2. The molecule has 1 fully saturated rings. The first-order valence-corrected chi connectivity index (χ1v) is 6.49. The normalized spacial score (nSPS) is 21.8. The molecule has 1 aliphatic rings. The van der Waals surface area contributed by atoms with Gasteiger partial charge in [0.25, 0.3) is 0 Å². The Balaban J connectivity index is 1.76. The molecule has 1 aromatic heterocycles. The van der Waals surface area contributed by atoms with Crippen molar-refractivity contribution in [1.29, 1.82) is 0 Å². The molecule has 5 nitrogen and oxygen atoms in total. The van der Waals surface area contributed by atoms with Crippen LogP contribution in [-0.2, 0) is 16.1 Å². The summed E-state index contributed by atoms with van der Waals surface area (Å²) in [5.74, 6) is 0.217. The quantitative estimate of drug-likeness (QED) is 0.864. The zero-order chi connectivity index (χ0) is 14.0. The molecular formula is C14H20N2O3. The molecule has 2 amide bonds. The maximum Gasteiger partial charge on any atom is 0.224 e. The number of nitrogens with one attached hydrogen (secondary N) is 2. The average Bonchev–Trinajstić information content (AvgIpc) is 2.93. The van der Waals surface area contributed by atoms with Crippen molar-refractivity contribution >= 4 is 11.8 Å². The molecule has 2 unspecified atom stereocenters. The molecule has 5 heteroatoms. The third-order valence-corrected chi connectivity index (χ3v) is 2.98. The average molecular weight is 264 g/mol. The molecule has 104 valence electrons. The van der Waals surface area contributed by atoms with E-state index in [-0.39, 0.29) is 29.2 Å². The molecule has 2 atom stereocenters. The zero-order valence-corrected chi connectivity index (χ0v) is 11.5. The molecule has 0 saturated heterocycles. The monoisotopic (exact) mass is 264 g/mol. The summed E-state index contributed by atoms with van der Waals surface area (Å²) in [6, 6.07) is 3.58. The van der Waals surface area contributed by atoms with E-state index in [0.717, 1.165) is 0 Å². The van der Waals surface area contributed by atoms with Crippen LogP contribution >= 0.6 is 0 Å². The highest BCUT2D eigenvalue weighted by Gasteiger charge is 2.48. The molecule has 1 aliphatic carbocycles. The van der Waals surface area contributed by atoms with E-state index >= 15 is 0 Å². The lowest BCUT2D eigenvalue weighted by molar-refractivity contribution is -0.128. The smallest absolute Gasteiger partial charge is 0.224 e. The second kappa shape index (κ2) is 5.07. The molecule has 0 aliphatic heterocycles. The minimum absolute atomic E-state index is 0.0364. The fourth-order valence-electron chi connectivity index (χ4n) is 1.96. The van der Waals surface area contributed by atoms with Gasteiger partial charge in [-0.15, -0.1) is 0 Å². The van der Waals surface area contributed by atoms with Gasteiger partial charge in [0, 0.05) is 5.54 Å². The molecule has 1 saturated carbocycles. The summed E-state index contributed by atoms with van der Waals surface area (Å²) in [6.07, 6.45) is 2.20. The predicted molar refractivity (Wildman–Crippen MR) is 70.0 cm³/mol. The number of carbonyl (C=O) groups excluding carboxylic acids is 2. The van der Waals surface area contributed by atoms with Crippen LogP contribution < -0.4 is 10.6 Å². The number of rotatable bonds is 4. The van der Waals surface area contributed by atoms with E-state index in [1.165, 1.54) is 0 Å². The summed E-state index contributed by atoms with van der Waals surface area (Å²) in [6.45, 7) is 6.16. The predicted octanol–water partition coefficient (Wildman–Crippen LogP) is 1.45. The van der Waals surface area contributed by atoms with Gasteiger partial charge in [-0.05, 0) is 39.3 Å². The Kier molecular flexibility index (Phi) is 3.64. The first kappa shape index (κ1) is 13.6. The lowest BCUT2D eigenvalue weighted by Gasteiger charge is -2.20. The fraction of sp³-hybridized carbons (Fsp3) is 0.571. The van der Waals surface area contributed by atoms with Crippen molar-refractivity contribution in [3.05, 3.63) is 24.2 Å². The summed E-state index contributed by atoms with van der Waals surface area (Å²) in [5.41, 5.74) is -0.255. The van der Waals surface area contributed by atoms with Gasteiger partial charge in [0.05, 0.1) is 24.6 Å². The molecule has 0 spiro atoms. The first-order valence-electron chi connectivity index (χ1n) is 6.49. The van der Waals surface area contributed by atoms with Crippen molar-refractivity contribution in [2.45, 2.75) is 39.3 Å². The van der Waals surface area contributed by atoms with Crippen LogP contribution in [0, 0.1) is 11.8 Å². The standard InChI is InChI=1S/C14H20N2O3/c1-14(2,3)16-13(18)11-7-10(11)12(17)15-8-9-5-4-6-19-9/h4-6,10-11H,7-8H2,1-3H3,(H,15,17)(H,16,18). The van der Waals surface area contributed by atoms with E-state index in [1.54, 1.807) is 18.4 Å². The van der Waals surface area contributed by atoms with Crippen LogP contribution in [0.25, 0.3) is 0 Å². The maximum absolute atomic E-state index is 11.9. The number of amides is 2. The lowest BCUT2D eigenvalue weighted by Crippen LogP contribution is -2.42. The second-order valence-corrected chi connectivity index (χ2v) is 5.99. The van der Waals surface area contributed by atoms with Gasteiger partial charge in [0.15, 0.2) is 0 Å². The van der Waals surface area contributed by atoms with Crippen molar-refractivity contribution in [3.63, 3.8) is 0 Å². The van der Waals surface area contributed by atoms with E-state index in [0.29, 0.717) is 18.7 Å². The van der Waals surface area contributed by atoms with Crippen LogP contribution in [-0.4, -0.2) is 17.4 Å². The number of hydrogen-bond acceptors (Lipinski definition) is 3. The van der Waals surface area contributed by atoms with E-state index < -0.39 is 0 Å². The molecule has 19 heavy (non-hydrogen) atoms. The molecule has 0 aromatic carbocycles. The highest BCUT2D eigenvalue weighted by molar-refractivity contribution is 5.92. The van der Waals surface area contributed by atoms with Gasteiger partial charge in [-0.1, -0.05) is 0 Å². The van der Waals surface area contributed by atoms with Crippen molar-refractivity contribution in [3.8, 4) is 0 Å². The Morgan fingerprint density at radius 2 is 2.00 bits per heavy atom. The van der Waals surface area contributed by atoms with Gasteiger partial charge in [-0.2, -0.15) is 0 Å². The highest BCUT2D eigenvalue weighted by Crippen LogP contribution is 2.39. The topological polar surface area (TPSA) is 71.3 Å². The van der Waals surface area contributed by atoms with Gasteiger partial charge in [-0.25, -0.2) is 0 Å². The van der Waals surface area contributed by atoms with E-state index in [2.05, 4.69) is 10.6 Å². The molecule has 2 rings (SSSR count). The third-order valence-electron chi connectivity index (χ3n) is 2.98. The minimum Gasteiger partial charge on any atom is -0.467 e. The van der Waals surface area contributed by atoms with Crippen molar-refractivity contribution in [2.75, 3.05) is 0 Å². The van der Waals surface area contributed by atoms with Crippen LogP contribution in [0.15, 0.2) is 22.8 Å². The zero-order valence-electron chi connectivity index (χ0n) is 11.5. The van der Waals surface area contributed by atoms with Gasteiger partial charge >= 0.3 is 0 Å². The van der Waals surface area contributed by atoms with Crippen LogP contribution in [0.5, 0.6) is 0 Å². The first-order chi connectivity index (χ1) is 8.87. The minimum atomic E-state index is -0.255. The van der Waals surface area contributed by atoms with Gasteiger partial charge < -0.3 is 15.1 Å². The van der Waals surface area contributed by atoms with E-state index in [4.69, 9.17) is 4.42 Å². The molecular weight excluding hydrogens is 244 g/mol. The lowest BCUT2D eigenvalue weighted by atomic mass is 10.1. The molecule has 2 N–H and O–H groups in total. The second-order valence-electron chi connectivity index (χ2n) is 5.99. The van der Waals surface area contributed by atoms with Crippen LogP contribution in [0.1, 0.15) is 33.0 Å². The third kappa shape index (κ3) is 3.84. The molecule has 0 bridgehead atoms. The largest absolute Gasteiger partial charge is 0.467 e. The Morgan fingerprint density at radius 1 is 1.32 bits per heavy atom. The van der Waals surface area contributed by atoms with E-state index in [1.807, 2.05) is 20.8 Å². The molecule has 1 heterocycles. The van der Waals surface area contributed by atoms with Crippen molar-refractivity contribution in [2.24, 2.45) is 11.8 Å². The summed E-state index contributed by atoms with van der Waals surface area (Å²) in [5, 5.41) is 5.68. The summed E-state index contributed by atoms with van der Waals surface area (Å²) in [4.78, 5) is 23.7. The Labute approximate surface area is 112 Å². The highest BCUT2D eigenvalue weighted by atomic mass is 16.3. The van der Waals surface area contributed by atoms with Gasteiger partial charge in [-0.3, -0.25) is 9.59 Å². The number of carbonyl (C=O) groups is 2. The maximum atomic E-state index is 11.9. The van der Waals surface area contributed by atoms with Crippen LogP contribution in [0.2, 0.25) is 0 Å². The molecule has 1 aromatic rings. The Morgan fingerprint density at radius 3 is 2.58 bits per heavy atom. The summed E-state index contributed by atoms with van der Waals surface area (Å²) < 4.78 is 5.13. The van der Waals surface area contributed by atoms with Gasteiger partial charge in [0.1, 0.15) is 5.76 Å². The van der Waals surface area contributed by atoms with Crippen molar-refractivity contribution in [1.82, 2.24) is 10.6 Å². The fourth-order valence-corrected chi connectivity index (χ4v) is 1.96. The summed E-state index contributed by atoms with van der Waals surface area (Å²) >= 11 is 0. The van der Waals surface area contributed by atoms with Crippen LogP contribution in [0.3, 0.4) is 0 Å².